The molecule has 9 nitrogen and oxygen atoms in total. The van der Waals surface area contributed by atoms with Crippen LogP contribution in [0.3, 0.4) is 0 Å². The molecule has 0 spiro atoms. The first kappa shape index (κ1) is 25.0. The van der Waals surface area contributed by atoms with E-state index in [0.29, 0.717) is 49.4 Å². The van der Waals surface area contributed by atoms with E-state index in [0.717, 1.165) is 43.7 Å². The van der Waals surface area contributed by atoms with Crippen LogP contribution in [-0.4, -0.2) is 79.3 Å². The van der Waals surface area contributed by atoms with Gasteiger partial charge >= 0.3 is 0 Å². The summed E-state index contributed by atoms with van der Waals surface area (Å²) in [6.45, 7) is 4.89. The van der Waals surface area contributed by atoms with Crippen LogP contribution in [0, 0.1) is 11.7 Å². The van der Waals surface area contributed by atoms with Crippen LogP contribution in [0.25, 0.3) is 11.4 Å². The third-order valence-corrected chi connectivity index (χ3v) is 7.11. The number of ether oxygens (including phenoxy) is 2. The number of halogens is 1. The highest BCUT2D eigenvalue weighted by Crippen LogP contribution is 2.31. The molecule has 1 aromatic heterocycles. The van der Waals surface area contributed by atoms with E-state index < -0.39 is 0 Å². The monoisotopic (exact) mass is 509 g/mol. The molecule has 0 saturated carbocycles. The lowest BCUT2D eigenvalue weighted by molar-refractivity contribution is -0.137. The maximum Gasteiger partial charge on any atom is 0.241 e. The molecule has 1 amide bonds. The molecule has 1 unspecified atom stereocenters. The second kappa shape index (κ2) is 11.2. The minimum atomic E-state index is -0.239. The van der Waals surface area contributed by atoms with E-state index >= 15 is 0 Å². The fourth-order valence-corrected chi connectivity index (χ4v) is 5.10. The van der Waals surface area contributed by atoms with Gasteiger partial charge in [0.2, 0.25) is 17.6 Å². The first-order valence-electron chi connectivity index (χ1n) is 12.6. The van der Waals surface area contributed by atoms with E-state index in [1.807, 2.05) is 23.1 Å². The molecule has 37 heavy (non-hydrogen) atoms. The van der Waals surface area contributed by atoms with Crippen molar-refractivity contribution in [3.8, 4) is 22.9 Å². The number of piperidine rings is 1. The van der Waals surface area contributed by atoms with Crippen LogP contribution < -0.4 is 14.4 Å². The van der Waals surface area contributed by atoms with Gasteiger partial charge in [-0.1, -0.05) is 5.16 Å². The minimum absolute atomic E-state index is 0.0423. The van der Waals surface area contributed by atoms with Crippen molar-refractivity contribution < 1.29 is 23.2 Å². The molecular formula is C27H32FN5O4. The largest absolute Gasteiger partial charge is 0.493 e. The van der Waals surface area contributed by atoms with Gasteiger partial charge < -0.3 is 23.8 Å². The maximum atomic E-state index is 13.3. The lowest BCUT2D eigenvalue weighted by Crippen LogP contribution is -2.52. The fourth-order valence-electron chi connectivity index (χ4n) is 5.10. The number of hydrogen-bond donors (Lipinski definition) is 0. The van der Waals surface area contributed by atoms with Crippen molar-refractivity contribution in [1.82, 2.24) is 19.9 Å². The SMILES string of the molecule is COc1ccc(-c2noc(CN3CCCC(C(=O)N4CCN(c5ccc(F)cc5)CC4)C3)n2)cc1OC. The van der Waals surface area contributed by atoms with E-state index in [9.17, 15) is 9.18 Å². The van der Waals surface area contributed by atoms with Gasteiger partial charge in [0.05, 0.1) is 26.7 Å². The quantitative estimate of drug-likeness (QED) is 0.479. The summed E-state index contributed by atoms with van der Waals surface area (Å²) in [5.74, 6) is 2.17. The molecule has 2 aromatic carbocycles. The predicted molar refractivity (Wildman–Crippen MR) is 136 cm³/mol. The highest BCUT2D eigenvalue weighted by molar-refractivity contribution is 5.79. The van der Waals surface area contributed by atoms with Gasteiger partial charge in [0.15, 0.2) is 11.5 Å². The van der Waals surface area contributed by atoms with Crippen molar-refractivity contribution in [3.05, 3.63) is 54.2 Å². The van der Waals surface area contributed by atoms with Crippen LogP contribution >= 0.6 is 0 Å². The number of carbonyl (C=O) groups excluding carboxylic acids is 1. The number of likely N-dealkylation sites (tertiary alicyclic amines) is 1. The summed E-state index contributed by atoms with van der Waals surface area (Å²) in [6, 6.07) is 12.0. The third-order valence-electron chi connectivity index (χ3n) is 7.11. The Labute approximate surface area is 215 Å². The Hall–Kier alpha value is -3.66. The van der Waals surface area contributed by atoms with E-state index in [-0.39, 0.29) is 17.6 Å². The number of hydrogen-bond acceptors (Lipinski definition) is 8. The number of anilines is 1. The molecule has 0 aliphatic carbocycles. The van der Waals surface area contributed by atoms with Crippen LogP contribution in [0.15, 0.2) is 47.0 Å². The summed E-state index contributed by atoms with van der Waals surface area (Å²) in [7, 11) is 3.18. The predicted octanol–water partition coefficient (Wildman–Crippen LogP) is 3.45. The molecule has 2 aliphatic heterocycles. The van der Waals surface area contributed by atoms with E-state index in [2.05, 4.69) is 19.9 Å². The lowest BCUT2D eigenvalue weighted by atomic mass is 9.96. The van der Waals surface area contributed by atoms with Crippen molar-refractivity contribution >= 4 is 11.6 Å². The van der Waals surface area contributed by atoms with Gasteiger partial charge in [0, 0.05) is 44.0 Å². The summed E-state index contributed by atoms with van der Waals surface area (Å²) in [6.07, 6.45) is 1.83. The first-order valence-corrected chi connectivity index (χ1v) is 12.6. The molecule has 0 N–H and O–H groups in total. The van der Waals surface area contributed by atoms with Gasteiger partial charge in [-0.2, -0.15) is 4.98 Å². The van der Waals surface area contributed by atoms with Crippen LogP contribution in [-0.2, 0) is 11.3 Å². The molecule has 1 atom stereocenters. The molecule has 196 valence electrons. The Balaban J connectivity index is 1.16. The molecule has 3 heterocycles. The number of benzene rings is 2. The molecule has 2 saturated heterocycles. The molecule has 10 heteroatoms. The Bertz CT molecular complexity index is 1210. The summed E-state index contributed by atoms with van der Waals surface area (Å²) < 4.78 is 29.4. The lowest BCUT2D eigenvalue weighted by Gasteiger charge is -2.39. The van der Waals surface area contributed by atoms with Crippen molar-refractivity contribution in [1.29, 1.82) is 0 Å². The topological polar surface area (TPSA) is 84.2 Å². The van der Waals surface area contributed by atoms with Crippen molar-refractivity contribution in [2.75, 3.05) is 58.4 Å². The zero-order valence-electron chi connectivity index (χ0n) is 21.2. The van der Waals surface area contributed by atoms with E-state index in [1.54, 1.807) is 26.4 Å². The number of nitrogens with zero attached hydrogens (tertiary/aromatic N) is 5. The standard InChI is InChI=1S/C27H32FN5O4/c1-35-23-10-5-19(16-24(23)36-2)26-29-25(37-30-26)18-31-11-3-4-20(17-31)27(34)33-14-12-32(13-15-33)22-8-6-21(28)7-9-22/h5-10,16,20H,3-4,11-15,17-18H2,1-2H3. The molecule has 0 bridgehead atoms. The Morgan fingerprint density at radius 2 is 1.78 bits per heavy atom. The second-order valence-electron chi connectivity index (χ2n) is 9.44. The Morgan fingerprint density at radius 3 is 2.51 bits per heavy atom. The number of piperazine rings is 1. The van der Waals surface area contributed by atoms with Gasteiger partial charge in [-0.15, -0.1) is 0 Å². The third kappa shape index (κ3) is 5.69. The van der Waals surface area contributed by atoms with Crippen molar-refractivity contribution in [3.63, 3.8) is 0 Å². The van der Waals surface area contributed by atoms with Gasteiger partial charge in [-0.25, -0.2) is 4.39 Å². The maximum absolute atomic E-state index is 13.3. The number of carbonyl (C=O) groups is 1. The molecule has 2 aliphatic rings. The molecule has 5 rings (SSSR count). The van der Waals surface area contributed by atoms with Crippen LogP contribution in [0.5, 0.6) is 11.5 Å². The minimum Gasteiger partial charge on any atom is -0.493 e. The smallest absolute Gasteiger partial charge is 0.241 e. The van der Waals surface area contributed by atoms with Gasteiger partial charge in [-0.05, 0) is 61.9 Å². The number of amides is 1. The average Bonchev–Trinajstić information content (AvgIpc) is 3.41. The fraction of sp³-hybridized carbons (Fsp3) is 0.444. The van der Waals surface area contributed by atoms with E-state index in [1.165, 1.54) is 12.1 Å². The first-order chi connectivity index (χ1) is 18.0. The normalized spacial score (nSPS) is 18.6. The van der Waals surface area contributed by atoms with Gasteiger partial charge in [0.25, 0.3) is 0 Å². The zero-order chi connectivity index (χ0) is 25.8. The van der Waals surface area contributed by atoms with Gasteiger partial charge in [0.1, 0.15) is 5.82 Å². The van der Waals surface area contributed by atoms with E-state index in [4.69, 9.17) is 14.0 Å². The summed E-state index contributed by atoms with van der Waals surface area (Å²) in [5, 5.41) is 4.14. The Morgan fingerprint density at radius 1 is 1.03 bits per heavy atom. The number of methoxy groups -OCH3 is 2. The molecular weight excluding hydrogens is 477 g/mol. The Kier molecular flexibility index (Phi) is 7.55. The summed E-state index contributed by atoms with van der Waals surface area (Å²) in [4.78, 5) is 24.2. The zero-order valence-corrected chi connectivity index (χ0v) is 21.2. The number of aromatic nitrogens is 2. The number of rotatable bonds is 7. The molecule has 2 fully saturated rings. The highest BCUT2D eigenvalue weighted by atomic mass is 19.1. The molecule has 0 radical (unpaired) electrons. The highest BCUT2D eigenvalue weighted by Gasteiger charge is 2.31. The second-order valence-corrected chi connectivity index (χ2v) is 9.44. The van der Waals surface area contributed by atoms with Crippen LogP contribution in [0.1, 0.15) is 18.7 Å². The van der Waals surface area contributed by atoms with Gasteiger partial charge in [-0.3, -0.25) is 9.69 Å². The van der Waals surface area contributed by atoms with Crippen LogP contribution in [0.2, 0.25) is 0 Å². The average molecular weight is 510 g/mol. The van der Waals surface area contributed by atoms with Crippen LogP contribution in [0.4, 0.5) is 10.1 Å². The summed E-state index contributed by atoms with van der Waals surface area (Å²) >= 11 is 0. The summed E-state index contributed by atoms with van der Waals surface area (Å²) in [5.41, 5.74) is 1.77. The van der Waals surface area contributed by atoms with Crippen molar-refractivity contribution in [2.24, 2.45) is 5.92 Å². The molecule has 3 aromatic rings. The van der Waals surface area contributed by atoms with Crippen molar-refractivity contribution in [2.45, 2.75) is 19.4 Å².